The van der Waals surface area contributed by atoms with E-state index in [2.05, 4.69) is 23.3 Å². The number of pyridine rings is 1. The van der Waals surface area contributed by atoms with Gasteiger partial charge < -0.3 is 5.32 Å². The number of halogens is 1. The summed E-state index contributed by atoms with van der Waals surface area (Å²) in [6, 6.07) is 14.1. The summed E-state index contributed by atoms with van der Waals surface area (Å²) in [6.07, 6.45) is 1.82. The first kappa shape index (κ1) is 13.1. The zero-order valence-corrected chi connectivity index (χ0v) is 11.4. The van der Waals surface area contributed by atoms with Gasteiger partial charge in [-0.2, -0.15) is 0 Å². The van der Waals surface area contributed by atoms with Crippen molar-refractivity contribution in [2.45, 2.75) is 18.9 Å². The van der Waals surface area contributed by atoms with Crippen molar-refractivity contribution >= 4 is 11.6 Å². The molecule has 0 saturated carbocycles. The molecule has 1 aromatic carbocycles. The summed E-state index contributed by atoms with van der Waals surface area (Å²) in [7, 11) is 1.95. The third-order valence-corrected chi connectivity index (χ3v) is 3.55. The van der Waals surface area contributed by atoms with Crippen LogP contribution < -0.4 is 5.32 Å². The monoisotopic (exact) mass is 260 g/mol. The van der Waals surface area contributed by atoms with Crippen LogP contribution in [0.4, 0.5) is 0 Å². The molecule has 0 amide bonds. The number of likely N-dealkylation sites (N-methyl/N-ethyl adjacent to an activating group) is 1. The maximum atomic E-state index is 6.27. The molecule has 0 radical (unpaired) electrons. The first-order valence-corrected chi connectivity index (χ1v) is 6.44. The topological polar surface area (TPSA) is 24.9 Å². The number of hydrogen-bond donors (Lipinski definition) is 1. The fraction of sp³-hybridized carbons (Fsp3) is 0.267. The van der Waals surface area contributed by atoms with Crippen LogP contribution in [0, 0.1) is 0 Å². The number of nitrogens with zero attached hydrogens (tertiary/aromatic N) is 1. The Morgan fingerprint density at radius 2 is 1.83 bits per heavy atom. The zero-order valence-electron chi connectivity index (χ0n) is 10.6. The van der Waals surface area contributed by atoms with Crippen molar-refractivity contribution in [3.8, 4) is 0 Å². The van der Waals surface area contributed by atoms with E-state index in [1.54, 1.807) is 0 Å². The molecular formula is C15H17ClN2. The van der Waals surface area contributed by atoms with Gasteiger partial charge in [0.25, 0.3) is 0 Å². The van der Waals surface area contributed by atoms with Gasteiger partial charge in [-0.3, -0.25) is 4.98 Å². The number of aromatic nitrogens is 1. The summed E-state index contributed by atoms with van der Waals surface area (Å²) in [5.41, 5.74) is 2.18. The Balaban J connectivity index is 2.32. The molecule has 94 valence electrons. The van der Waals surface area contributed by atoms with Crippen LogP contribution in [0.1, 0.15) is 30.1 Å². The average Bonchev–Trinajstić information content (AvgIpc) is 2.42. The van der Waals surface area contributed by atoms with E-state index in [9.17, 15) is 0 Å². The number of hydrogen-bond acceptors (Lipinski definition) is 2. The first-order valence-electron chi connectivity index (χ1n) is 6.06. The molecule has 2 atom stereocenters. The SMILES string of the molecule is CNC(c1ccccc1Cl)C(C)c1ccccn1. The van der Waals surface area contributed by atoms with Crippen molar-refractivity contribution < 1.29 is 0 Å². The van der Waals surface area contributed by atoms with Crippen molar-refractivity contribution in [1.29, 1.82) is 0 Å². The highest BCUT2D eigenvalue weighted by molar-refractivity contribution is 6.31. The maximum absolute atomic E-state index is 6.27. The van der Waals surface area contributed by atoms with Gasteiger partial charge in [0.1, 0.15) is 0 Å². The highest BCUT2D eigenvalue weighted by atomic mass is 35.5. The summed E-state index contributed by atoms with van der Waals surface area (Å²) in [6.45, 7) is 2.16. The molecule has 3 heteroatoms. The van der Waals surface area contributed by atoms with E-state index in [4.69, 9.17) is 11.6 Å². The third-order valence-electron chi connectivity index (χ3n) is 3.21. The van der Waals surface area contributed by atoms with Crippen LogP contribution in [0.3, 0.4) is 0 Å². The summed E-state index contributed by atoms with van der Waals surface area (Å²) in [5.74, 6) is 0.260. The summed E-state index contributed by atoms with van der Waals surface area (Å²) < 4.78 is 0. The van der Waals surface area contributed by atoms with Gasteiger partial charge >= 0.3 is 0 Å². The molecule has 1 heterocycles. The van der Waals surface area contributed by atoms with Gasteiger partial charge in [-0.1, -0.05) is 42.8 Å². The molecule has 2 rings (SSSR count). The Labute approximate surface area is 113 Å². The van der Waals surface area contributed by atoms with Crippen LogP contribution in [-0.2, 0) is 0 Å². The van der Waals surface area contributed by atoms with Crippen LogP contribution in [0.25, 0.3) is 0 Å². The zero-order chi connectivity index (χ0) is 13.0. The summed E-state index contributed by atoms with van der Waals surface area (Å²) in [5, 5.41) is 4.12. The molecule has 0 aliphatic rings. The van der Waals surface area contributed by atoms with Gasteiger partial charge in [0.05, 0.1) is 0 Å². The van der Waals surface area contributed by atoms with Gasteiger partial charge in [-0.15, -0.1) is 0 Å². The summed E-state index contributed by atoms with van der Waals surface area (Å²) >= 11 is 6.27. The van der Waals surface area contributed by atoms with E-state index in [1.165, 1.54) is 0 Å². The van der Waals surface area contributed by atoms with Gasteiger partial charge in [0.15, 0.2) is 0 Å². The lowest BCUT2D eigenvalue weighted by molar-refractivity contribution is 0.499. The highest BCUT2D eigenvalue weighted by Crippen LogP contribution is 2.32. The van der Waals surface area contributed by atoms with E-state index in [0.29, 0.717) is 0 Å². The minimum Gasteiger partial charge on any atom is -0.312 e. The molecule has 1 aromatic heterocycles. The second kappa shape index (κ2) is 5.98. The number of benzene rings is 1. The lowest BCUT2D eigenvalue weighted by atomic mass is 9.91. The van der Waals surface area contributed by atoms with Crippen LogP contribution in [0.15, 0.2) is 48.7 Å². The molecule has 0 bridgehead atoms. The lowest BCUT2D eigenvalue weighted by Gasteiger charge is -2.24. The minimum absolute atomic E-state index is 0.161. The average molecular weight is 261 g/mol. The molecule has 0 aliphatic heterocycles. The van der Waals surface area contributed by atoms with Gasteiger partial charge in [-0.05, 0) is 30.8 Å². The number of rotatable bonds is 4. The minimum atomic E-state index is 0.161. The molecule has 0 aliphatic carbocycles. The smallest absolute Gasteiger partial charge is 0.0454 e. The largest absolute Gasteiger partial charge is 0.312 e. The van der Waals surface area contributed by atoms with E-state index in [1.807, 2.05) is 49.6 Å². The van der Waals surface area contributed by atoms with Crippen molar-refractivity contribution in [3.05, 3.63) is 64.9 Å². The summed E-state index contributed by atoms with van der Waals surface area (Å²) in [4.78, 5) is 4.42. The molecule has 0 spiro atoms. The predicted molar refractivity (Wildman–Crippen MR) is 75.9 cm³/mol. The third kappa shape index (κ3) is 2.71. The molecule has 2 unspecified atom stereocenters. The molecule has 0 saturated heterocycles. The van der Waals surface area contributed by atoms with Crippen molar-refractivity contribution in [3.63, 3.8) is 0 Å². The van der Waals surface area contributed by atoms with E-state index in [0.717, 1.165) is 16.3 Å². The van der Waals surface area contributed by atoms with E-state index >= 15 is 0 Å². The molecule has 2 aromatic rings. The quantitative estimate of drug-likeness (QED) is 0.905. The Bertz CT molecular complexity index is 499. The Hall–Kier alpha value is -1.38. The lowest BCUT2D eigenvalue weighted by Crippen LogP contribution is -2.23. The number of nitrogens with one attached hydrogen (secondary N) is 1. The first-order chi connectivity index (χ1) is 8.74. The second-order valence-corrected chi connectivity index (χ2v) is 4.74. The normalized spacial score (nSPS) is 14.2. The molecule has 1 N–H and O–H groups in total. The van der Waals surface area contributed by atoms with Crippen LogP contribution in [0.5, 0.6) is 0 Å². The standard InChI is InChI=1S/C15H17ClN2/c1-11(14-9-5-6-10-18-14)15(17-2)12-7-3-4-8-13(12)16/h3-11,15,17H,1-2H3. The predicted octanol–water partition coefficient (Wildman–Crippen LogP) is 3.80. The Kier molecular flexibility index (Phi) is 4.34. The fourth-order valence-corrected chi connectivity index (χ4v) is 2.47. The van der Waals surface area contributed by atoms with Crippen LogP contribution in [-0.4, -0.2) is 12.0 Å². The highest BCUT2D eigenvalue weighted by Gasteiger charge is 2.21. The van der Waals surface area contributed by atoms with Gasteiger partial charge in [-0.25, -0.2) is 0 Å². The second-order valence-electron chi connectivity index (χ2n) is 4.33. The van der Waals surface area contributed by atoms with Crippen LogP contribution in [0.2, 0.25) is 5.02 Å². The molecule has 18 heavy (non-hydrogen) atoms. The van der Waals surface area contributed by atoms with E-state index in [-0.39, 0.29) is 12.0 Å². The van der Waals surface area contributed by atoms with Crippen molar-refractivity contribution in [1.82, 2.24) is 10.3 Å². The fourth-order valence-electron chi connectivity index (χ4n) is 2.22. The van der Waals surface area contributed by atoms with Gasteiger partial charge in [0.2, 0.25) is 0 Å². The molecule has 2 nitrogen and oxygen atoms in total. The molecule has 0 fully saturated rings. The van der Waals surface area contributed by atoms with Crippen LogP contribution >= 0.6 is 11.6 Å². The Morgan fingerprint density at radius 1 is 1.11 bits per heavy atom. The Morgan fingerprint density at radius 3 is 2.44 bits per heavy atom. The van der Waals surface area contributed by atoms with Gasteiger partial charge in [0, 0.05) is 28.9 Å². The maximum Gasteiger partial charge on any atom is 0.0454 e. The van der Waals surface area contributed by atoms with E-state index < -0.39 is 0 Å². The van der Waals surface area contributed by atoms with Crippen molar-refractivity contribution in [2.75, 3.05) is 7.05 Å². The van der Waals surface area contributed by atoms with Crippen molar-refractivity contribution in [2.24, 2.45) is 0 Å². The molecular weight excluding hydrogens is 244 g/mol.